The van der Waals surface area contributed by atoms with E-state index in [1.54, 1.807) is 7.11 Å². The zero-order valence-electron chi connectivity index (χ0n) is 11.9. The van der Waals surface area contributed by atoms with Gasteiger partial charge in [-0.2, -0.15) is 0 Å². The van der Waals surface area contributed by atoms with Crippen molar-refractivity contribution in [2.45, 2.75) is 39.3 Å². The summed E-state index contributed by atoms with van der Waals surface area (Å²) in [6.07, 6.45) is 0.686. The van der Waals surface area contributed by atoms with Gasteiger partial charge in [-0.1, -0.05) is 23.8 Å². The number of hydrogen-bond donors (Lipinski definition) is 2. The Morgan fingerprint density at radius 2 is 2.06 bits per heavy atom. The minimum absolute atomic E-state index is 0.166. The molecule has 0 aliphatic heterocycles. The van der Waals surface area contributed by atoms with E-state index in [4.69, 9.17) is 9.84 Å². The molecule has 102 valence electrons. The van der Waals surface area contributed by atoms with E-state index in [1.807, 2.05) is 0 Å². The van der Waals surface area contributed by atoms with Gasteiger partial charge < -0.3 is 15.2 Å². The van der Waals surface area contributed by atoms with Gasteiger partial charge in [0.15, 0.2) is 0 Å². The fraction of sp³-hybridized carbons (Fsp3) is 0.600. The summed E-state index contributed by atoms with van der Waals surface area (Å²) in [5.41, 5.74) is 3.69. The number of aliphatic hydroxyl groups excluding tert-OH is 1. The SMILES string of the molecule is COCC(C)(CCO)NCc1ccc(C)cc1C. The topological polar surface area (TPSA) is 41.5 Å². The van der Waals surface area contributed by atoms with E-state index in [0.29, 0.717) is 13.0 Å². The molecular weight excluding hydrogens is 226 g/mol. The zero-order valence-corrected chi connectivity index (χ0v) is 11.9. The predicted molar refractivity (Wildman–Crippen MR) is 74.7 cm³/mol. The van der Waals surface area contributed by atoms with Gasteiger partial charge in [0, 0.05) is 25.8 Å². The molecule has 3 heteroatoms. The average molecular weight is 251 g/mol. The highest BCUT2D eigenvalue weighted by molar-refractivity contribution is 5.30. The summed E-state index contributed by atoms with van der Waals surface area (Å²) in [6, 6.07) is 6.48. The van der Waals surface area contributed by atoms with Gasteiger partial charge in [0.2, 0.25) is 0 Å². The number of benzene rings is 1. The van der Waals surface area contributed by atoms with Crippen LogP contribution in [0.3, 0.4) is 0 Å². The smallest absolute Gasteiger partial charge is 0.0642 e. The fourth-order valence-corrected chi connectivity index (χ4v) is 2.13. The Balaban J connectivity index is 2.66. The van der Waals surface area contributed by atoms with Crippen LogP contribution in [0.4, 0.5) is 0 Å². The summed E-state index contributed by atoms with van der Waals surface area (Å²) in [5.74, 6) is 0. The van der Waals surface area contributed by atoms with Crippen molar-refractivity contribution in [2.75, 3.05) is 20.3 Å². The maximum absolute atomic E-state index is 9.12. The third-order valence-corrected chi connectivity index (χ3v) is 3.33. The predicted octanol–water partition coefficient (Wildman–Crippen LogP) is 2.18. The highest BCUT2D eigenvalue weighted by Gasteiger charge is 2.22. The van der Waals surface area contributed by atoms with Gasteiger partial charge in [-0.05, 0) is 38.3 Å². The van der Waals surface area contributed by atoms with E-state index in [9.17, 15) is 0 Å². The van der Waals surface area contributed by atoms with Crippen molar-refractivity contribution in [3.05, 3.63) is 34.9 Å². The first-order valence-electron chi connectivity index (χ1n) is 6.42. The van der Waals surface area contributed by atoms with E-state index in [-0.39, 0.29) is 12.1 Å². The molecule has 0 aliphatic carbocycles. The molecule has 0 amide bonds. The molecule has 0 bridgehead atoms. The van der Waals surface area contributed by atoms with E-state index in [1.165, 1.54) is 16.7 Å². The number of aliphatic hydroxyl groups is 1. The van der Waals surface area contributed by atoms with E-state index in [2.05, 4.69) is 44.3 Å². The number of aryl methyl sites for hydroxylation is 2. The van der Waals surface area contributed by atoms with Gasteiger partial charge in [-0.3, -0.25) is 0 Å². The van der Waals surface area contributed by atoms with Crippen LogP contribution in [0.2, 0.25) is 0 Å². The lowest BCUT2D eigenvalue weighted by atomic mass is 9.98. The molecule has 1 unspecified atom stereocenters. The first kappa shape index (κ1) is 15.2. The quantitative estimate of drug-likeness (QED) is 0.780. The molecule has 0 saturated heterocycles. The average Bonchev–Trinajstić information content (AvgIpc) is 2.28. The molecule has 3 nitrogen and oxygen atoms in total. The van der Waals surface area contributed by atoms with Gasteiger partial charge in [0.1, 0.15) is 0 Å². The monoisotopic (exact) mass is 251 g/mol. The Hall–Kier alpha value is -0.900. The second-order valence-corrected chi connectivity index (χ2v) is 5.25. The molecule has 1 rings (SSSR count). The number of nitrogens with one attached hydrogen (secondary N) is 1. The minimum atomic E-state index is -0.180. The first-order valence-corrected chi connectivity index (χ1v) is 6.42. The van der Waals surface area contributed by atoms with Crippen molar-refractivity contribution in [3.8, 4) is 0 Å². The van der Waals surface area contributed by atoms with Crippen LogP contribution in [-0.2, 0) is 11.3 Å². The Labute approximate surface area is 110 Å². The molecule has 0 spiro atoms. The van der Waals surface area contributed by atoms with Crippen molar-refractivity contribution in [1.82, 2.24) is 5.32 Å². The minimum Gasteiger partial charge on any atom is -0.396 e. The molecule has 0 aromatic heterocycles. The van der Waals surface area contributed by atoms with Gasteiger partial charge in [0.25, 0.3) is 0 Å². The summed E-state index contributed by atoms with van der Waals surface area (Å²) >= 11 is 0. The molecular formula is C15H25NO2. The summed E-state index contributed by atoms with van der Waals surface area (Å²) in [7, 11) is 1.69. The Morgan fingerprint density at radius 3 is 2.61 bits per heavy atom. The largest absolute Gasteiger partial charge is 0.396 e. The van der Waals surface area contributed by atoms with Crippen molar-refractivity contribution in [2.24, 2.45) is 0 Å². The van der Waals surface area contributed by atoms with Gasteiger partial charge in [-0.15, -0.1) is 0 Å². The van der Waals surface area contributed by atoms with E-state index in [0.717, 1.165) is 6.54 Å². The van der Waals surface area contributed by atoms with E-state index >= 15 is 0 Å². The third kappa shape index (κ3) is 4.41. The van der Waals surface area contributed by atoms with Crippen LogP contribution in [0.1, 0.15) is 30.0 Å². The van der Waals surface area contributed by atoms with Crippen molar-refractivity contribution >= 4 is 0 Å². The summed E-state index contributed by atoms with van der Waals surface area (Å²) < 4.78 is 5.22. The van der Waals surface area contributed by atoms with Crippen LogP contribution in [0, 0.1) is 13.8 Å². The number of ether oxygens (including phenoxy) is 1. The Morgan fingerprint density at radius 1 is 1.33 bits per heavy atom. The second-order valence-electron chi connectivity index (χ2n) is 5.25. The van der Waals surface area contributed by atoms with Crippen LogP contribution in [0.25, 0.3) is 0 Å². The van der Waals surface area contributed by atoms with Crippen LogP contribution in [-0.4, -0.2) is 31.0 Å². The van der Waals surface area contributed by atoms with Crippen LogP contribution in [0.15, 0.2) is 18.2 Å². The maximum Gasteiger partial charge on any atom is 0.0642 e. The van der Waals surface area contributed by atoms with E-state index < -0.39 is 0 Å². The third-order valence-electron chi connectivity index (χ3n) is 3.33. The van der Waals surface area contributed by atoms with Gasteiger partial charge >= 0.3 is 0 Å². The lowest BCUT2D eigenvalue weighted by Gasteiger charge is -2.30. The Bertz CT molecular complexity index is 371. The number of hydrogen-bond acceptors (Lipinski definition) is 3. The molecule has 0 saturated carbocycles. The fourth-order valence-electron chi connectivity index (χ4n) is 2.13. The highest BCUT2D eigenvalue weighted by Crippen LogP contribution is 2.14. The summed E-state index contributed by atoms with van der Waals surface area (Å²) in [5, 5.41) is 12.6. The zero-order chi connectivity index (χ0) is 13.6. The van der Waals surface area contributed by atoms with Crippen molar-refractivity contribution in [1.29, 1.82) is 0 Å². The molecule has 2 N–H and O–H groups in total. The standard InChI is InChI=1S/C15H25NO2/c1-12-5-6-14(13(2)9-12)10-16-15(3,7-8-17)11-18-4/h5-6,9,16-17H,7-8,10-11H2,1-4H3. The Kier molecular flexibility index (Phi) is 5.79. The number of methoxy groups -OCH3 is 1. The van der Waals surface area contributed by atoms with Crippen molar-refractivity contribution in [3.63, 3.8) is 0 Å². The summed E-state index contributed by atoms with van der Waals surface area (Å²) in [6.45, 7) is 7.87. The first-order chi connectivity index (χ1) is 8.50. The lowest BCUT2D eigenvalue weighted by molar-refractivity contribution is 0.0969. The molecule has 1 aromatic carbocycles. The highest BCUT2D eigenvalue weighted by atomic mass is 16.5. The molecule has 1 aromatic rings. The second kappa shape index (κ2) is 6.88. The molecule has 0 radical (unpaired) electrons. The summed E-state index contributed by atoms with van der Waals surface area (Å²) in [4.78, 5) is 0. The normalized spacial score (nSPS) is 14.5. The molecule has 1 atom stereocenters. The molecule has 0 fully saturated rings. The van der Waals surface area contributed by atoms with Gasteiger partial charge in [0.05, 0.1) is 6.61 Å². The molecule has 0 aliphatic rings. The number of rotatable bonds is 7. The van der Waals surface area contributed by atoms with Gasteiger partial charge in [-0.25, -0.2) is 0 Å². The lowest BCUT2D eigenvalue weighted by Crippen LogP contribution is -2.46. The van der Waals surface area contributed by atoms with Crippen LogP contribution >= 0.6 is 0 Å². The molecule has 18 heavy (non-hydrogen) atoms. The maximum atomic E-state index is 9.12. The van der Waals surface area contributed by atoms with Crippen molar-refractivity contribution < 1.29 is 9.84 Å². The molecule has 0 heterocycles. The van der Waals surface area contributed by atoms with Crippen LogP contribution < -0.4 is 5.32 Å². The van der Waals surface area contributed by atoms with Crippen LogP contribution in [0.5, 0.6) is 0 Å².